The van der Waals surface area contributed by atoms with Crippen LogP contribution in [0.15, 0.2) is 88.8 Å². The Labute approximate surface area is 266 Å². The average molecular weight is 625 g/mol. The van der Waals surface area contributed by atoms with E-state index in [1.54, 1.807) is 67.8 Å². The quantitative estimate of drug-likeness (QED) is 0.167. The van der Waals surface area contributed by atoms with Gasteiger partial charge in [0, 0.05) is 21.8 Å². The number of aryl methyl sites for hydroxylation is 1. The highest BCUT2D eigenvalue weighted by molar-refractivity contribution is 6.30. The molecule has 1 heterocycles. The van der Waals surface area contributed by atoms with Gasteiger partial charge in [0.15, 0.2) is 23.9 Å². The van der Waals surface area contributed by atoms with Crippen molar-refractivity contribution < 1.29 is 19.0 Å². The highest BCUT2D eigenvalue weighted by Gasteiger charge is 2.19. The number of para-hydroxylation sites is 2. The number of nitrogens with zero attached hydrogens (tertiary/aromatic N) is 3. The van der Waals surface area contributed by atoms with Crippen molar-refractivity contribution >= 4 is 40.3 Å². The van der Waals surface area contributed by atoms with Gasteiger partial charge < -0.3 is 19.5 Å². The number of hydrogen-bond donors (Lipinski definition) is 1. The van der Waals surface area contributed by atoms with E-state index in [-0.39, 0.29) is 24.0 Å². The average Bonchev–Trinajstić information content (AvgIpc) is 3.04. The molecule has 9 nitrogen and oxygen atoms in total. The predicted octanol–water partition coefficient (Wildman–Crippen LogP) is 7.07. The molecule has 0 saturated carbocycles. The molecule has 0 bridgehead atoms. The molecule has 0 aliphatic heterocycles. The summed E-state index contributed by atoms with van der Waals surface area (Å²) < 4.78 is 18.4. The van der Waals surface area contributed by atoms with Crippen LogP contribution in [-0.4, -0.2) is 42.6 Å². The van der Waals surface area contributed by atoms with Crippen LogP contribution in [0, 0.1) is 6.92 Å². The van der Waals surface area contributed by atoms with E-state index in [0.29, 0.717) is 44.5 Å². The van der Waals surface area contributed by atoms with Crippen LogP contribution >= 0.6 is 11.6 Å². The number of benzene rings is 4. The maximum absolute atomic E-state index is 13.9. The zero-order valence-corrected chi connectivity index (χ0v) is 26.4. The predicted molar refractivity (Wildman–Crippen MR) is 178 cm³/mol. The van der Waals surface area contributed by atoms with Crippen molar-refractivity contribution in [1.82, 2.24) is 9.66 Å². The molecule has 45 heavy (non-hydrogen) atoms. The molecule has 0 radical (unpaired) electrons. The Kier molecular flexibility index (Phi) is 9.49. The van der Waals surface area contributed by atoms with Gasteiger partial charge in [-0.1, -0.05) is 43.6 Å². The van der Waals surface area contributed by atoms with Gasteiger partial charge in [-0.05, 0) is 84.6 Å². The summed E-state index contributed by atoms with van der Waals surface area (Å²) in [6, 6.07) is 23.1. The summed E-state index contributed by atoms with van der Waals surface area (Å²) in [5.74, 6) is 1.62. The van der Waals surface area contributed by atoms with Gasteiger partial charge >= 0.3 is 0 Å². The number of halogens is 1. The smallest absolute Gasteiger partial charge is 0.282 e. The molecule has 0 spiro atoms. The van der Waals surface area contributed by atoms with E-state index in [2.05, 4.69) is 24.3 Å². The minimum atomic E-state index is -0.376. The normalized spacial score (nSPS) is 11.3. The van der Waals surface area contributed by atoms with Crippen molar-refractivity contribution in [3.8, 4) is 28.6 Å². The molecule has 0 unspecified atom stereocenters. The molecule has 1 aromatic heterocycles. The Morgan fingerprint density at radius 1 is 1.00 bits per heavy atom. The van der Waals surface area contributed by atoms with Crippen LogP contribution in [0.5, 0.6) is 17.2 Å². The first-order chi connectivity index (χ1) is 21.7. The number of carbonyl (C=O) groups is 1. The van der Waals surface area contributed by atoms with Crippen molar-refractivity contribution in [1.29, 1.82) is 0 Å². The number of rotatable bonds is 10. The molecule has 4 aromatic carbocycles. The third-order valence-corrected chi connectivity index (χ3v) is 7.46. The third-order valence-electron chi connectivity index (χ3n) is 7.21. The van der Waals surface area contributed by atoms with Gasteiger partial charge in [0.25, 0.3) is 11.5 Å². The summed E-state index contributed by atoms with van der Waals surface area (Å²) in [5, 5.41) is 8.40. The Balaban J connectivity index is 1.56. The number of nitrogens with one attached hydrogen (secondary N) is 1. The fourth-order valence-electron chi connectivity index (χ4n) is 4.91. The lowest BCUT2D eigenvalue weighted by Gasteiger charge is -2.17. The first kappa shape index (κ1) is 31.3. The van der Waals surface area contributed by atoms with Gasteiger partial charge in [-0.3, -0.25) is 9.59 Å². The van der Waals surface area contributed by atoms with Crippen LogP contribution in [0.1, 0.15) is 36.5 Å². The minimum absolute atomic E-state index is 0.164. The fraction of sp³-hybridized carbons (Fsp3) is 0.200. The highest BCUT2D eigenvalue weighted by atomic mass is 35.5. The Hall–Kier alpha value is -5.15. The van der Waals surface area contributed by atoms with E-state index in [1.807, 2.05) is 25.1 Å². The maximum atomic E-state index is 13.9. The SMILES string of the molecule is COc1cc(C)c(-c2nc3ccccc3c(=O)n2N=Cc2cccc(OC)c2OCC(=O)Nc2ccc(Cl)cc2)cc1C(C)C. The highest BCUT2D eigenvalue weighted by Crippen LogP contribution is 2.34. The summed E-state index contributed by atoms with van der Waals surface area (Å²) in [5.41, 5.74) is 3.91. The van der Waals surface area contributed by atoms with Gasteiger partial charge in [-0.15, -0.1) is 0 Å². The summed E-state index contributed by atoms with van der Waals surface area (Å²) >= 11 is 5.94. The molecule has 5 rings (SSSR count). The van der Waals surface area contributed by atoms with Gasteiger partial charge in [-0.2, -0.15) is 9.78 Å². The summed E-state index contributed by atoms with van der Waals surface area (Å²) in [6.45, 7) is 5.81. The molecule has 0 saturated heterocycles. The van der Waals surface area contributed by atoms with Crippen LogP contribution < -0.4 is 25.1 Å². The van der Waals surface area contributed by atoms with Gasteiger partial charge in [0.1, 0.15) is 5.75 Å². The topological polar surface area (TPSA) is 104 Å². The van der Waals surface area contributed by atoms with E-state index in [0.717, 1.165) is 22.4 Å². The summed E-state index contributed by atoms with van der Waals surface area (Å²) in [6.07, 6.45) is 1.50. The molecule has 0 fully saturated rings. The standard InChI is InChI=1S/C35H33ClN4O5/c1-21(2)27-18-28(22(3)17-31(27)44-5)34-39-29-11-7-6-10-26(29)35(42)40(34)37-19-23-9-8-12-30(43-4)33(23)45-20-32(41)38-25-15-13-24(36)14-16-25/h6-19,21H,20H2,1-5H3,(H,38,41). The number of hydrogen-bond acceptors (Lipinski definition) is 7. The molecule has 1 amide bonds. The van der Waals surface area contributed by atoms with Crippen molar-refractivity contribution in [2.75, 3.05) is 26.1 Å². The number of ether oxygens (including phenoxy) is 3. The van der Waals surface area contributed by atoms with Crippen LogP contribution in [0.3, 0.4) is 0 Å². The zero-order chi connectivity index (χ0) is 32.1. The third kappa shape index (κ3) is 6.84. The van der Waals surface area contributed by atoms with E-state index in [4.69, 9.17) is 30.8 Å². The molecule has 0 aliphatic rings. The summed E-state index contributed by atoms with van der Waals surface area (Å²) in [4.78, 5) is 31.4. The molecule has 0 atom stereocenters. The second-order valence-corrected chi connectivity index (χ2v) is 11.0. The number of fused-ring (bicyclic) bond motifs is 1. The van der Waals surface area contributed by atoms with Crippen LogP contribution in [0.4, 0.5) is 5.69 Å². The fourth-order valence-corrected chi connectivity index (χ4v) is 5.04. The van der Waals surface area contributed by atoms with E-state index in [1.165, 1.54) is 18.0 Å². The molecule has 5 aromatic rings. The summed E-state index contributed by atoms with van der Waals surface area (Å²) in [7, 11) is 3.15. The van der Waals surface area contributed by atoms with Crippen molar-refractivity contribution in [3.05, 3.63) is 111 Å². The number of amides is 1. The number of anilines is 1. The Morgan fingerprint density at radius 3 is 2.44 bits per heavy atom. The second kappa shape index (κ2) is 13.7. The lowest BCUT2D eigenvalue weighted by atomic mass is 9.96. The minimum Gasteiger partial charge on any atom is -0.496 e. The van der Waals surface area contributed by atoms with Gasteiger partial charge in [0.05, 0.1) is 31.3 Å². The van der Waals surface area contributed by atoms with E-state index in [9.17, 15) is 9.59 Å². The van der Waals surface area contributed by atoms with Crippen LogP contribution in [0.25, 0.3) is 22.3 Å². The maximum Gasteiger partial charge on any atom is 0.282 e. The number of methoxy groups -OCH3 is 2. The monoisotopic (exact) mass is 624 g/mol. The molecule has 0 aliphatic carbocycles. The number of aromatic nitrogens is 2. The number of carbonyl (C=O) groups excluding carboxylic acids is 1. The van der Waals surface area contributed by atoms with Crippen LogP contribution in [-0.2, 0) is 4.79 Å². The molecule has 1 N–H and O–H groups in total. The lowest BCUT2D eigenvalue weighted by molar-refractivity contribution is -0.118. The van der Waals surface area contributed by atoms with Gasteiger partial charge in [0.2, 0.25) is 0 Å². The first-order valence-corrected chi connectivity index (χ1v) is 14.7. The molecule has 10 heteroatoms. The first-order valence-electron chi connectivity index (χ1n) is 14.3. The van der Waals surface area contributed by atoms with E-state index < -0.39 is 0 Å². The lowest BCUT2D eigenvalue weighted by Crippen LogP contribution is -2.21. The van der Waals surface area contributed by atoms with Gasteiger partial charge in [-0.25, -0.2) is 4.98 Å². The Bertz CT molecular complexity index is 1950. The van der Waals surface area contributed by atoms with E-state index >= 15 is 0 Å². The molecular formula is C35H33ClN4O5. The van der Waals surface area contributed by atoms with Crippen molar-refractivity contribution in [2.45, 2.75) is 26.7 Å². The van der Waals surface area contributed by atoms with Crippen molar-refractivity contribution in [3.63, 3.8) is 0 Å². The second-order valence-electron chi connectivity index (χ2n) is 10.6. The van der Waals surface area contributed by atoms with Crippen molar-refractivity contribution in [2.24, 2.45) is 5.10 Å². The molecular weight excluding hydrogens is 592 g/mol. The molecule has 230 valence electrons. The largest absolute Gasteiger partial charge is 0.496 e. The van der Waals surface area contributed by atoms with Crippen LogP contribution in [0.2, 0.25) is 5.02 Å². The zero-order valence-electron chi connectivity index (χ0n) is 25.6. The Morgan fingerprint density at radius 2 is 1.73 bits per heavy atom.